The van der Waals surface area contributed by atoms with Crippen molar-refractivity contribution in [2.75, 3.05) is 0 Å². The molecule has 0 bridgehead atoms. The topological polar surface area (TPSA) is 30.2 Å². The average molecular weight is 227 g/mol. The second-order valence-corrected chi connectivity index (χ2v) is 4.57. The highest BCUT2D eigenvalue weighted by Gasteiger charge is 2.33. The summed E-state index contributed by atoms with van der Waals surface area (Å²) in [4.78, 5) is 0. The van der Waals surface area contributed by atoms with Crippen LogP contribution in [0.3, 0.4) is 0 Å². The van der Waals surface area contributed by atoms with Gasteiger partial charge in [-0.05, 0) is 22.4 Å². The van der Waals surface area contributed by atoms with Crippen molar-refractivity contribution < 1.29 is 0 Å². The van der Waals surface area contributed by atoms with E-state index in [1.807, 2.05) is 42.6 Å². The van der Waals surface area contributed by atoms with Gasteiger partial charge in [-0.15, -0.1) is 5.10 Å². The maximum atomic E-state index is 6.33. The zero-order valence-corrected chi connectivity index (χ0v) is 9.54. The SMILES string of the molecule is [B]C1([B])c2ccccc2-c2nnn3cccc1c23. The van der Waals surface area contributed by atoms with Crippen LogP contribution < -0.4 is 0 Å². The van der Waals surface area contributed by atoms with Gasteiger partial charge < -0.3 is 0 Å². The normalized spacial score (nSPS) is 15.6. The number of rotatable bonds is 0. The Bertz CT molecular complexity index is 777. The lowest BCUT2D eigenvalue weighted by Crippen LogP contribution is -2.32. The summed E-state index contributed by atoms with van der Waals surface area (Å²) in [6.07, 6.45) is 1.85. The van der Waals surface area contributed by atoms with E-state index < -0.39 is 5.21 Å². The van der Waals surface area contributed by atoms with Gasteiger partial charge >= 0.3 is 0 Å². The Morgan fingerprint density at radius 3 is 2.67 bits per heavy atom. The minimum atomic E-state index is -1.01. The van der Waals surface area contributed by atoms with Gasteiger partial charge in [0.05, 0.1) is 21.2 Å². The number of aromatic nitrogens is 3. The first-order chi connectivity index (χ1) is 8.69. The second kappa shape index (κ2) is 3.05. The summed E-state index contributed by atoms with van der Waals surface area (Å²) in [7, 11) is 12.7. The standard InChI is InChI=1S/C13H7B2N3/c14-13(15)9-5-2-1-4-8(9)11-12-10(13)6-3-7-18(12)17-16-11/h1-7H. The van der Waals surface area contributed by atoms with Crippen molar-refractivity contribution >= 4 is 21.2 Å². The Morgan fingerprint density at radius 1 is 1.00 bits per heavy atom. The van der Waals surface area contributed by atoms with Crippen LogP contribution in [-0.2, 0) is 5.21 Å². The first-order valence-electron chi connectivity index (χ1n) is 5.72. The molecule has 0 amide bonds. The van der Waals surface area contributed by atoms with Gasteiger partial charge in [0.2, 0.25) is 0 Å². The molecular weight excluding hydrogens is 220 g/mol. The van der Waals surface area contributed by atoms with Crippen LogP contribution in [0.1, 0.15) is 11.1 Å². The molecule has 2 aromatic heterocycles. The Kier molecular flexibility index (Phi) is 1.68. The van der Waals surface area contributed by atoms with Gasteiger partial charge in [-0.1, -0.05) is 35.5 Å². The zero-order valence-electron chi connectivity index (χ0n) is 9.54. The van der Waals surface area contributed by atoms with E-state index in [4.69, 9.17) is 15.7 Å². The Hall–Kier alpha value is -2.03. The maximum Gasteiger partial charge on any atom is 0.121 e. The van der Waals surface area contributed by atoms with Crippen LogP contribution in [0.4, 0.5) is 0 Å². The van der Waals surface area contributed by atoms with Crippen LogP contribution in [0.2, 0.25) is 0 Å². The van der Waals surface area contributed by atoms with Crippen molar-refractivity contribution in [1.82, 2.24) is 14.8 Å². The molecule has 3 nitrogen and oxygen atoms in total. The van der Waals surface area contributed by atoms with Crippen molar-refractivity contribution in [1.29, 1.82) is 0 Å². The van der Waals surface area contributed by atoms with E-state index in [0.717, 1.165) is 27.9 Å². The third kappa shape index (κ3) is 1.02. The fourth-order valence-corrected chi connectivity index (χ4v) is 2.66. The van der Waals surface area contributed by atoms with E-state index in [-0.39, 0.29) is 0 Å². The Labute approximate surface area is 107 Å². The average Bonchev–Trinajstić information content (AvgIpc) is 2.81. The van der Waals surface area contributed by atoms with E-state index in [2.05, 4.69) is 10.3 Å². The lowest BCUT2D eigenvalue weighted by Gasteiger charge is -2.33. The van der Waals surface area contributed by atoms with Gasteiger partial charge in [0.25, 0.3) is 0 Å². The fraction of sp³-hybridized carbons (Fsp3) is 0.0769. The molecular formula is C13H7B2N3. The molecule has 0 fully saturated rings. The van der Waals surface area contributed by atoms with E-state index in [1.165, 1.54) is 0 Å². The molecule has 80 valence electrons. The number of pyridine rings is 1. The third-order valence-electron chi connectivity index (χ3n) is 3.51. The monoisotopic (exact) mass is 227 g/mol. The van der Waals surface area contributed by atoms with E-state index in [0.29, 0.717) is 0 Å². The molecule has 0 atom stereocenters. The molecule has 0 unspecified atom stereocenters. The number of hydrogen-bond acceptors (Lipinski definition) is 2. The van der Waals surface area contributed by atoms with Crippen molar-refractivity contribution in [3.8, 4) is 11.3 Å². The second-order valence-electron chi connectivity index (χ2n) is 4.57. The first-order valence-corrected chi connectivity index (χ1v) is 5.72. The smallest absolute Gasteiger partial charge is 0.121 e. The molecule has 0 spiro atoms. The first kappa shape index (κ1) is 9.95. The molecule has 3 aromatic rings. The molecule has 2 heterocycles. The van der Waals surface area contributed by atoms with Gasteiger partial charge in [0.1, 0.15) is 5.69 Å². The molecule has 4 rings (SSSR count). The predicted octanol–water partition coefficient (Wildman–Crippen LogP) is 1.25. The van der Waals surface area contributed by atoms with Crippen LogP contribution in [-0.4, -0.2) is 30.5 Å². The molecule has 0 saturated heterocycles. The molecule has 0 N–H and O–H groups in total. The number of fused-ring (bicyclic) bond motifs is 2. The van der Waals surface area contributed by atoms with Gasteiger partial charge in [-0.3, -0.25) is 0 Å². The summed E-state index contributed by atoms with van der Waals surface area (Å²) >= 11 is 0. The molecule has 1 aromatic carbocycles. The molecule has 5 heteroatoms. The summed E-state index contributed by atoms with van der Waals surface area (Å²) < 4.78 is 1.72. The van der Waals surface area contributed by atoms with Crippen LogP contribution >= 0.6 is 0 Å². The summed E-state index contributed by atoms with van der Waals surface area (Å²) in [5.41, 5.74) is 4.42. The summed E-state index contributed by atoms with van der Waals surface area (Å²) in [6.45, 7) is 0. The van der Waals surface area contributed by atoms with Crippen molar-refractivity contribution in [3.05, 3.63) is 53.7 Å². The van der Waals surface area contributed by atoms with Gasteiger partial charge in [-0.25, -0.2) is 4.52 Å². The predicted molar refractivity (Wildman–Crippen MR) is 70.7 cm³/mol. The van der Waals surface area contributed by atoms with E-state index in [1.54, 1.807) is 4.52 Å². The minimum Gasteiger partial charge on any atom is -0.220 e. The van der Waals surface area contributed by atoms with Crippen LogP contribution in [0.15, 0.2) is 42.6 Å². The number of hydrogen-bond donors (Lipinski definition) is 0. The minimum absolute atomic E-state index is 0.840. The molecule has 1 aliphatic carbocycles. The van der Waals surface area contributed by atoms with Crippen LogP contribution in [0.5, 0.6) is 0 Å². The lowest BCUT2D eigenvalue weighted by atomic mass is 9.46. The van der Waals surface area contributed by atoms with Gasteiger partial charge in [-0.2, -0.15) is 0 Å². The number of benzene rings is 1. The highest BCUT2D eigenvalue weighted by molar-refractivity contribution is 6.44. The van der Waals surface area contributed by atoms with Crippen molar-refractivity contribution in [2.24, 2.45) is 0 Å². The number of nitrogens with zero attached hydrogens (tertiary/aromatic N) is 3. The molecule has 4 radical (unpaired) electrons. The van der Waals surface area contributed by atoms with Crippen LogP contribution in [0.25, 0.3) is 16.8 Å². The van der Waals surface area contributed by atoms with Crippen molar-refractivity contribution in [3.63, 3.8) is 0 Å². The quantitative estimate of drug-likeness (QED) is 0.541. The lowest BCUT2D eigenvalue weighted by molar-refractivity contribution is 0.853. The van der Waals surface area contributed by atoms with E-state index >= 15 is 0 Å². The largest absolute Gasteiger partial charge is 0.220 e. The Morgan fingerprint density at radius 2 is 1.78 bits per heavy atom. The Balaban J connectivity index is 2.27. The highest BCUT2D eigenvalue weighted by atomic mass is 15.4. The van der Waals surface area contributed by atoms with Gasteiger partial charge in [0, 0.05) is 11.8 Å². The molecule has 18 heavy (non-hydrogen) atoms. The third-order valence-corrected chi connectivity index (χ3v) is 3.51. The van der Waals surface area contributed by atoms with Crippen LogP contribution in [0, 0.1) is 0 Å². The zero-order chi connectivity index (χ0) is 12.3. The highest BCUT2D eigenvalue weighted by Crippen LogP contribution is 2.42. The fourth-order valence-electron chi connectivity index (χ4n) is 2.66. The summed E-state index contributed by atoms with van der Waals surface area (Å²) in [5, 5.41) is 7.34. The van der Waals surface area contributed by atoms with Gasteiger partial charge in [0.15, 0.2) is 0 Å². The van der Waals surface area contributed by atoms with Crippen molar-refractivity contribution in [2.45, 2.75) is 5.21 Å². The summed E-state index contributed by atoms with van der Waals surface area (Å²) in [6, 6.07) is 11.6. The molecule has 0 aliphatic heterocycles. The summed E-state index contributed by atoms with van der Waals surface area (Å²) in [5.74, 6) is 0. The maximum absolute atomic E-state index is 6.33. The molecule has 1 aliphatic rings. The molecule has 0 saturated carbocycles. The van der Waals surface area contributed by atoms with E-state index in [9.17, 15) is 0 Å².